The van der Waals surface area contributed by atoms with Gasteiger partial charge in [-0.3, -0.25) is 0 Å². The van der Waals surface area contributed by atoms with Crippen molar-refractivity contribution in [3.63, 3.8) is 0 Å². The van der Waals surface area contributed by atoms with Crippen LogP contribution in [0.15, 0.2) is 0 Å². The maximum Gasteiger partial charge on any atom is 0.527 e. The van der Waals surface area contributed by atoms with E-state index >= 15 is 0 Å². The molecule has 0 bridgehead atoms. The van der Waals surface area contributed by atoms with E-state index in [0.717, 1.165) is 0 Å². The number of ether oxygens (including phenoxy) is 1. The third-order valence-corrected chi connectivity index (χ3v) is 0.562. The molecule has 0 heterocycles. The molecule has 0 fully saturated rings. The highest BCUT2D eigenvalue weighted by Crippen LogP contribution is 1.78. The Bertz CT molecular complexity index is 84.3. The van der Waals surface area contributed by atoms with Gasteiger partial charge in [-0.1, -0.05) is 0 Å². The molecule has 0 aromatic heterocycles. The Morgan fingerprint density at radius 3 is 2.67 bits per heavy atom. The quantitative estimate of drug-likeness (QED) is 0.454. The van der Waals surface area contributed by atoms with Crippen LogP contribution in [0.3, 0.4) is 0 Å². The fourth-order valence-corrected chi connectivity index (χ4v) is 0.278. The topological polar surface area (TPSA) is 47.6 Å². The van der Waals surface area contributed by atoms with E-state index in [9.17, 15) is 4.79 Å². The molecule has 0 saturated heterocycles. The van der Waals surface area contributed by atoms with Crippen LogP contribution >= 0.6 is 0 Å². The van der Waals surface area contributed by atoms with Crippen molar-refractivity contribution in [3.05, 3.63) is 0 Å². The van der Waals surface area contributed by atoms with Crippen LogP contribution in [0.5, 0.6) is 0 Å². The number of nitrogens with one attached hydrogen (secondary N) is 1. The summed E-state index contributed by atoms with van der Waals surface area (Å²) in [5.41, 5.74) is 2.36. The average molecular weight is 133 g/mol. The Labute approximate surface area is 54.1 Å². The number of carbonyl (C=O) groups is 1. The van der Waals surface area contributed by atoms with Crippen molar-refractivity contribution in [2.45, 2.75) is 13.8 Å². The van der Waals surface area contributed by atoms with Crippen molar-refractivity contribution < 1.29 is 14.4 Å². The lowest BCUT2D eigenvalue weighted by Gasteiger charge is -2.01. The molecule has 0 rings (SSSR count). The van der Waals surface area contributed by atoms with Gasteiger partial charge in [0, 0.05) is 6.54 Å². The van der Waals surface area contributed by atoms with E-state index < -0.39 is 6.16 Å². The number of carbonyl (C=O) groups excluding carboxylic acids is 1. The summed E-state index contributed by atoms with van der Waals surface area (Å²) in [6, 6.07) is 0. The molecule has 4 heteroatoms. The summed E-state index contributed by atoms with van der Waals surface area (Å²) in [7, 11) is 0. The van der Waals surface area contributed by atoms with Gasteiger partial charge in [0.1, 0.15) is 0 Å². The van der Waals surface area contributed by atoms with E-state index in [-0.39, 0.29) is 0 Å². The number of hydrogen-bond acceptors (Lipinski definition) is 4. The van der Waals surface area contributed by atoms with Gasteiger partial charge in [0.2, 0.25) is 0 Å². The maximum absolute atomic E-state index is 10.3. The average Bonchev–Trinajstić information content (AvgIpc) is 1.85. The molecule has 4 nitrogen and oxygen atoms in total. The normalized spacial score (nSPS) is 8.67. The van der Waals surface area contributed by atoms with Crippen molar-refractivity contribution in [2.75, 3.05) is 13.2 Å². The zero-order valence-electron chi connectivity index (χ0n) is 5.64. The van der Waals surface area contributed by atoms with Gasteiger partial charge in [-0.05, 0) is 13.8 Å². The van der Waals surface area contributed by atoms with Gasteiger partial charge < -0.3 is 9.57 Å². The molecule has 0 unspecified atom stereocenters. The predicted molar refractivity (Wildman–Crippen MR) is 31.8 cm³/mol. The van der Waals surface area contributed by atoms with Crippen LogP contribution in [0.1, 0.15) is 13.8 Å². The van der Waals surface area contributed by atoms with Crippen LogP contribution in [0, 0.1) is 0 Å². The van der Waals surface area contributed by atoms with Gasteiger partial charge >= 0.3 is 6.16 Å². The van der Waals surface area contributed by atoms with Crippen molar-refractivity contribution >= 4 is 6.16 Å². The van der Waals surface area contributed by atoms with E-state index in [1.807, 2.05) is 6.92 Å². The van der Waals surface area contributed by atoms with Gasteiger partial charge in [0.25, 0.3) is 0 Å². The highest BCUT2D eigenvalue weighted by molar-refractivity contribution is 5.59. The number of hydroxylamine groups is 1. The summed E-state index contributed by atoms with van der Waals surface area (Å²) in [5, 5.41) is 0. The van der Waals surface area contributed by atoms with E-state index in [1.54, 1.807) is 6.92 Å². The first-order valence-corrected chi connectivity index (χ1v) is 2.87. The van der Waals surface area contributed by atoms with E-state index in [1.165, 1.54) is 0 Å². The minimum Gasteiger partial charge on any atom is -0.433 e. The smallest absolute Gasteiger partial charge is 0.433 e. The van der Waals surface area contributed by atoms with E-state index in [2.05, 4.69) is 15.1 Å². The van der Waals surface area contributed by atoms with Crippen LogP contribution in [-0.4, -0.2) is 19.3 Å². The van der Waals surface area contributed by atoms with Crippen molar-refractivity contribution in [1.29, 1.82) is 0 Å². The molecule has 1 N–H and O–H groups in total. The number of hydrogen-bond donors (Lipinski definition) is 1. The molecule has 0 aliphatic rings. The van der Waals surface area contributed by atoms with Gasteiger partial charge in [-0.25, -0.2) is 4.79 Å². The standard InChI is InChI=1S/C5H11NO3/c1-3-6-9-5(7)8-4-2/h6H,3-4H2,1-2H3. The largest absolute Gasteiger partial charge is 0.527 e. The van der Waals surface area contributed by atoms with Crippen LogP contribution in [-0.2, 0) is 9.57 Å². The molecule has 0 saturated carbocycles. The summed E-state index contributed by atoms with van der Waals surface area (Å²) >= 11 is 0. The second-order valence-electron chi connectivity index (χ2n) is 1.28. The third-order valence-electron chi connectivity index (χ3n) is 0.562. The Hall–Kier alpha value is -0.770. The molecule has 54 valence electrons. The van der Waals surface area contributed by atoms with Gasteiger partial charge in [-0.2, -0.15) is 5.48 Å². The van der Waals surface area contributed by atoms with Crippen molar-refractivity contribution in [2.24, 2.45) is 0 Å². The molecule has 9 heavy (non-hydrogen) atoms. The molecule has 0 aliphatic heterocycles. The number of rotatable bonds is 3. The molecular weight excluding hydrogens is 122 g/mol. The summed E-state index contributed by atoms with van der Waals surface area (Å²) in [6.07, 6.45) is -0.681. The third kappa shape index (κ3) is 5.10. The molecule has 0 aromatic carbocycles. The highest BCUT2D eigenvalue weighted by Gasteiger charge is 1.98. The molecule has 0 radical (unpaired) electrons. The second-order valence-corrected chi connectivity index (χ2v) is 1.28. The Morgan fingerprint density at radius 1 is 1.56 bits per heavy atom. The Balaban J connectivity index is 3.06. The predicted octanol–water partition coefficient (Wildman–Crippen LogP) is 0.684. The lowest BCUT2D eigenvalue weighted by atomic mass is 10.8. The van der Waals surface area contributed by atoms with Gasteiger partial charge in [0.15, 0.2) is 0 Å². The fourth-order valence-electron chi connectivity index (χ4n) is 0.278. The summed E-state index contributed by atoms with van der Waals surface area (Å²) in [6.45, 7) is 4.45. The zero-order valence-corrected chi connectivity index (χ0v) is 5.64. The molecular formula is C5H11NO3. The fraction of sp³-hybridized carbons (Fsp3) is 0.800. The molecule has 0 atom stereocenters. The first-order valence-electron chi connectivity index (χ1n) is 2.87. The highest BCUT2D eigenvalue weighted by atomic mass is 16.8. The van der Waals surface area contributed by atoms with E-state index in [4.69, 9.17) is 0 Å². The Morgan fingerprint density at radius 2 is 2.22 bits per heavy atom. The monoisotopic (exact) mass is 133 g/mol. The van der Waals surface area contributed by atoms with Crippen LogP contribution in [0.2, 0.25) is 0 Å². The summed E-state index contributed by atoms with van der Waals surface area (Å²) in [5.74, 6) is 0. The first-order chi connectivity index (χ1) is 4.31. The van der Waals surface area contributed by atoms with Crippen LogP contribution in [0.4, 0.5) is 4.79 Å². The first kappa shape index (κ1) is 8.23. The summed E-state index contributed by atoms with van der Waals surface area (Å²) < 4.78 is 4.42. The molecule has 0 amide bonds. The zero-order chi connectivity index (χ0) is 7.11. The van der Waals surface area contributed by atoms with E-state index in [0.29, 0.717) is 13.2 Å². The van der Waals surface area contributed by atoms with Crippen molar-refractivity contribution in [3.8, 4) is 0 Å². The second kappa shape index (κ2) is 5.37. The van der Waals surface area contributed by atoms with Crippen LogP contribution in [0.25, 0.3) is 0 Å². The van der Waals surface area contributed by atoms with Crippen LogP contribution < -0.4 is 5.48 Å². The summed E-state index contributed by atoms with van der Waals surface area (Å²) in [4.78, 5) is 14.6. The molecule has 0 spiro atoms. The molecule has 0 aliphatic carbocycles. The minimum absolute atomic E-state index is 0.338. The SMILES string of the molecule is CCNOC(=O)OCC. The van der Waals surface area contributed by atoms with Gasteiger partial charge in [-0.15, -0.1) is 0 Å². The minimum atomic E-state index is -0.681. The van der Waals surface area contributed by atoms with Gasteiger partial charge in [0.05, 0.1) is 6.61 Å². The Kier molecular flexibility index (Phi) is 4.91. The van der Waals surface area contributed by atoms with Crippen molar-refractivity contribution in [1.82, 2.24) is 5.48 Å². The lowest BCUT2D eigenvalue weighted by molar-refractivity contribution is 0.0210. The maximum atomic E-state index is 10.3. The molecule has 0 aromatic rings. The lowest BCUT2D eigenvalue weighted by Crippen LogP contribution is -2.19.